The van der Waals surface area contributed by atoms with Crippen LogP contribution in [0.1, 0.15) is 24.8 Å². The Bertz CT molecular complexity index is 361. The summed E-state index contributed by atoms with van der Waals surface area (Å²) in [4.78, 5) is 0. The van der Waals surface area contributed by atoms with E-state index in [1.54, 1.807) is 7.11 Å². The number of ether oxygens (including phenoxy) is 1. The summed E-state index contributed by atoms with van der Waals surface area (Å²) in [5.74, 6) is 0.952. The van der Waals surface area contributed by atoms with E-state index in [9.17, 15) is 0 Å². The Hall–Kier alpha value is -0.540. The molecule has 1 saturated carbocycles. The van der Waals surface area contributed by atoms with Crippen molar-refractivity contribution in [2.24, 2.45) is 5.73 Å². The van der Waals surface area contributed by atoms with E-state index >= 15 is 0 Å². The zero-order valence-corrected chi connectivity index (χ0v) is 10.5. The minimum atomic E-state index is 0.123. The summed E-state index contributed by atoms with van der Waals surface area (Å²) in [6, 6.07) is 6.16. The molecule has 82 valence electrons. The number of hydrogen-bond acceptors (Lipinski definition) is 2. The SMILES string of the molecule is COc1cc(Br)ccc1CCC1(N)CC1. The van der Waals surface area contributed by atoms with E-state index in [4.69, 9.17) is 10.5 Å². The number of halogens is 1. The molecule has 2 rings (SSSR count). The Morgan fingerprint density at radius 2 is 2.20 bits per heavy atom. The number of rotatable bonds is 4. The van der Waals surface area contributed by atoms with Gasteiger partial charge in [-0.1, -0.05) is 22.0 Å². The molecule has 1 aliphatic carbocycles. The Labute approximate surface area is 98.9 Å². The molecule has 1 aliphatic rings. The van der Waals surface area contributed by atoms with Crippen LogP contribution >= 0.6 is 15.9 Å². The lowest BCUT2D eigenvalue weighted by Crippen LogP contribution is -2.22. The maximum Gasteiger partial charge on any atom is 0.123 e. The number of aryl methyl sites for hydroxylation is 1. The molecule has 0 aliphatic heterocycles. The van der Waals surface area contributed by atoms with Crippen molar-refractivity contribution in [3.05, 3.63) is 28.2 Å². The standard InChI is InChI=1S/C12H16BrNO/c1-15-11-8-10(13)3-2-9(11)4-5-12(14)6-7-12/h2-3,8H,4-7,14H2,1H3. The number of methoxy groups -OCH3 is 1. The van der Waals surface area contributed by atoms with Gasteiger partial charge in [-0.2, -0.15) is 0 Å². The van der Waals surface area contributed by atoms with Crippen LogP contribution in [0.15, 0.2) is 22.7 Å². The highest BCUT2D eigenvalue weighted by Gasteiger charge is 2.37. The van der Waals surface area contributed by atoms with Gasteiger partial charge in [0.25, 0.3) is 0 Å². The molecule has 0 radical (unpaired) electrons. The van der Waals surface area contributed by atoms with Crippen molar-refractivity contribution in [3.8, 4) is 5.75 Å². The van der Waals surface area contributed by atoms with Crippen LogP contribution in [-0.4, -0.2) is 12.6 Å². The highest BCUT2D eigenvalue weighted by Crippen LogP contribution is 2.37. The molecule has 2 N–H and O–H groups in total. The highest BCUT2D eigenvalue weighted by atomic mass is 79.9. The zero-order chi connectivity index (χ0) is 10.9. The lowest BCUT2D eigenvalue weighted by molar-refractivity contribution is 0.407. The molecule has 0 spiro atoms. The topological polar surface area (TPSA) is 35.2 Å². The molecule has 0 unspecified atom stereocenters. The maximum atomic E-state index is 6.07. The molecule has 15 heavy (non-hydrogen) atoms. The van der Waals surface area contributed by atoms with Gasteiger partial charge in [-0.15, -0.1) is 0 Å². The van der Waals surface area contributed by atoms with E-state index in [0.717, 1.165) is 23.1 Å². The monoisotopic (exact) mass is 269 g/mol. The second-order valence-corrected chi connectivity index (χ2v) is 5.23. The Kier molecular flexibility index (Phi) is 3.03. The van der Waals surface area contributed by atoms with Crippen molar-refractivity contribution < 1.29 is 4.74 Å². The second kappa shape index (κ2) is 4.14. The summed E-state index contributed by atoms with van der Waals surface area (Å²) >= 11 is 3.44. The molecule has 1 aromatic rings. The molecular weight excluding hydrogens is 254 g/mol. The molecule has 2 nitrogen and oxygen atoms in total. The first kappa shape index (κ1) is 11.0. The molecule has 0 bridgehead atoms. The van der Waals surface area contributed by atoms with Gasteiger partial charge in [-0.05, 0) is 43.4 Å². The highest BCUT2D eigenvalue weighted by molar-refractivity contribution is 9.10. The summed E-state index contributed by atoms with van der Waals surface area (Å²) in [5.41, 5.74) is 7.44. The molecule has 1 fully saturated rings. The van der Waals surface area contributed by atoms with Crippen LogP contribution in [0.25, 0.3) is 0 Å². The number of benzene rings is 1. The maximum absolute atomic E-state index is 6.07. The molecule has 3 heteroatoms. The van der Waals surface area contributed by atoms with Gasteiger partial charge in [0, 0.05) is 10.0 Å². The van der Waals surface area contributed by atoms with E-state index in [1.165, 1.54) is 18.4 Å². The molecule has 0 saturated heterocycles. The predicted octanol–water partition coefficient (Wildman–Crippen LogP) is 2.88. The van der Waals surface area contributed by atoms with Gasteiger partial charge in [0.15, 0.2) is 0 Å². The molecule has 0 heterocycles. The van der Waals surface area contributed by atoms with E-state index < -0.39 is 0 Å². The zero-order valence-electron chi connectivity index (χ0n) is 8.92. The van der Waals surface area contributed by atoms with E-state index in [-0.39, 0.29) is 5.54 Å². The molecular formula is C12H16BrNO. The summed E-state index contributed by atoms with van der Waals surface area (Å²) in [7, 11) is 1.71. The van der Waals surface area contributed by atoms with Crippen LogP contribution in [0.3, 0.4) is 0 Å². The second-order valence-electron chi connectivity index (χ2n) is 4.32. The van der Waals surface area contributed by atoms with Gasteiger partial charge in [0.1, 0.15) is 5.75 Å². The summed E-state index contributed by atoms with van der Waals surface area (Å²) in [5, 5.41) is 0. The first-order valence-corrected chi connectivity index (χ1v) is 6.04. The minimum absolute atomic E-state index is 0.123. The normalized spacial score (nSPS) is 17.5. The fraction of sp³-hybridized carbons (Fsp3) is 0.500. The van der Waals surface area contributed by atoms with Crippen molar-refractivity contribution in [1.29, 1.82) is 0 Å². The van der Waals surface area contributed by atoms with Gasteiger partial charge in [0.05, 0.1) is 7.11 Å². The summed E-state index contributed by atoms with van der Waals surface area (Å²) in [6.07, 6.45) is 4.41. The summed E-state index contributed by atoms with van der Waals surface area (Å²) in [6.45, 7) is 0. The third kappa shape index (κ3) is 2.73. The third-order valence-electron chi connectivity index (χ3n) is 3.03. The average molecular weight is 270 g/mol. The smallest absolute Gasteiger partial charge is 0.123 e. The van der Waals surface area contributed by atoms with Crippen molar-refractivity contribution in [2.45, 2.75) is 31.2 Å². The third-order valence-corrected chi connectivity index (χ3v) is 3.53. The van der Waals surface area contributed by atoms with Crippen molar-refractivity contribution >= 4 is 15.9 Å². The average Bonchev–Trinajstić information content (AvgIpc) is 2.95. The number of hydrogen-bond donors (Lipinski definition) is 1. The summed E-state index contributed by atoms with van der Waals surface area (Å²) < 4.78 is 6.39. The largest absolute Gasteiger partial charge is 0.496 e. The van der Waals surface area contributed by atoms with Crippen LogP contribution in [0, 0.1) is 0 Å². The van der Waals surface area contributed by atoms with Crippen LogP contribution in [0.2, 0.25) is 0 Å². The van der Waals surface area contributed by atoms with Crippen molar-refractivity contribution in [3.63, 3.8) is 0 Å². The van der Waals surface area contributed by atoms with Crippen LogP contribution in [0.4, 0.5) is 0 Å². The van der Waals surface area contributed by atoms with E-state index in [1.807, 2.05) is 12.1 Å². The van der Waals surface area contributed by atoms with Crippen molar-refractivity contribution in [1.82, 2.24) is 0 Å². The molecule has 0 aromatic heterocycles. The molecule has 1 aromatic carbocycles. The van der Waals surface area contributed by atoms with Crippen LogP contribution < -0.4 is 10.5 Å². The van der Waals surface area contributed by atoms with Gasteiger partial charge >= 0.3 is 0 Å². The van der Waals surface area contributed by atoms with Gasteiger partial charge in [0.2, 0.25) is 0 Å². The Balaban J connectivity index is 2.06. The quantitative estimate of drug-likeness (QED) is 0.913. The molecule has 0 atom stereocenters. The van der Waals surface area contributed by atoms with E-state index in [0.29, 0.717) is 0 Å². The van der Waals surface area contributed by atoms with E-state index in [2.05, 4.69) is 22.0 Å². The number of nitrogens with two attached hydrogens (primary N) is 1. The fourth-order valence-corrected chi connectivity index (χ4v) is 2.06. The lowest BCUT2D eigenvalue weighted by Gasteiger charge is -2.11. The lowest BCUT2D eigenvalue weighted by atomic mass is 10.0. The van der Waals surface area contributed by atoms with Crippen LogP contribution in [0.5, 0.6) is 5.75 Å². The van der Waals surface area contributed by atoms with Gasteiger partial charge in [-0.25, -0.2) is 0 Å². The van der Waals surface area contributed by atoms with Gasteiger partial charge in [-0.3, -0.25) is 0 Å². The minimum Gasteiger partial charge on any atom is -0.496 e. The molecule has 0 amide bonds. The first-order chi connectivity index (χ1) is 7.13. The van der Waals surface area contributed by atoms with Crippen LogP contribution in [-0.2, 0) is 6.42 Å². The Morgan fingerprint density at radius 3 is 2.80 bits per heavy atom. The van der Waals surface area contributed by atoms with Crippen molar-refractivity contribution in [2.75, 3.05) is 7.11 Å². The van der Waals surface area contributed by atoms with Gasteiger partial charge < -0.3 is 10.5 Å². The first-order valence-electron chi connectivity index (χ1n) is 5.24. The Morgan fingerprint density at radius 1 is 1.47 bits per heavy atom. The fourth-order valence-electron chi connectivity index (χ4n) is 1.72. The predicted molar refractivity (Wildman–Crippen MR) is 65.2 cm³/mol.